The van der Waals surface area contributed by atoms with Crippen molar-refractivity contribution in [3.05, 3.63) is 69.3 Å². The third-order valence-electron chi connectivity index (χ3n) is 7.29. The van der Waals surface area contributed by atoms with Crippen molar-refractivity contribution >= 4 is 0 Å². The molecule has 0 heterocycles. The van der Waals surface area contributed by atoms with Crippen LogP contribution in [0.15, 0.2) is 30.3 Å². The van der Waals surface area contributed by atoms with Crippen LogP contribution in [0.4, 0.5) is 0 Å². The lowest BCUT2D eigenvalue weighted by Gasteiger charge is -2.42. The van der Waals surface area contributed by atoms with E-state index >= 15 is 0 Å². The van der Waals surface area contributed by atoms with E-state index in [1.165, 1.54) is 22.3 Å². The van der Waals surface area contributed by atoms with Gasteiger partial charge in [0.05, 0.1) is 0 Å². The van der Waals surface area contributed by atoms with Gasteiger partial charge in [0.25, 0.3) is 0 Å². The van der Waals surface area contributed by atoms with E-state index in [-0.39, 0.29) is 27.1 Å². The maximum Gasteiger partial charge on any atom is -0.0126 e. The summed E-state index contributed by atoms with van der Waals surface area (Å²) in [7, 11) is 0. The van der Waals surface area contributed by atoms with E-state index in [4.69, 9.17) is 0 Å². The number of benzene rings is 2. The summed E-state index contributed by atoms with van der Waals surface area (Å²) in [5.74, 6) is 0.452. The highest BCUT2D eigenvalue weighted by atomic mass is 14.4. The van der Waals surface area contributed by atoms with Crippen LogP contribution in [0.1, 0.15) is 156 Å². The van der Waals surface area contributed by atoms with Gasteiger partial charge >= 0.3 is 0 Å². The highest BCUT2D eigenvalue weighted by Gasteiger charge is 2.38. The number of hydrogen-bond acceptors (Lipinski definition) is 0. The summed E-state index contributed by atoms with van der Waals surface area (Å²) in [4.78, 5) is 0. The predicted molar refractivity (Wildman–Crippen MR) is 159 cm³/mol. The third kappa shape index (κ3) is 6.61. The molecule has 0 aliphatic carbocycles. The predicted octanol–water partition coefficient (Wildman–Crippen LogP) is 10.5. The van der Waals surface area contributed by atoms with Gasteiger partial charge in [0, 0.05) is 0 Å². The average molecular weight is 477 g/mol. The van der Waals surface area contributed by atoms with Crippen LogP contribution in [-0.4, -0.2) is 0 Å². The van der Waals surface area contributed by atoms with Gasteiger partial charge in [-0.2, -0.15) is 0 Å². The smallest absolute Gasteiger partial charge is 0.0126 e. The van der Waals surface area contributed by atoms with Gasteiger partial charge in [0.15, 0.2) is 0 Å². The minimum Gasteiger partial charge on any atom is -0.0620 e. The zero-order valence-electron chi connectivity index (χ0n) is 26.2. The van der Waals surface area contributed by atoms with Gasteiger partial charge < -0.3 is 0 Å². The Morgan fingerprint density at radius 2 is 0.943 bits per heavy atom. The molecule has 1 unspecified atom stereocenters. The molecule has 0 heteroatoms. The Kier molecular flexibility index (Phi) is 7.96. The van der Waals surface area contributed by atoms with Gasteiger partial charge in [-0.1, -0.05) is 141 Å². The van der Waals surface area contributed by atoms with Crippen molar-refractivity contribution in [3.8, 4) is 0 Å². The largest absolute Gasteiger partial charge is 0.0620 e. The molecule has 2 aromatic carbocycles. The first-order valence-electron chi connectivity index (χ1n) is 13.8. The molecule has 0 spiro atoms. The Labute approximate surface area is 219 Å². The lowest BCUT2D eigenvalue weighted by atomic mass is 9.62. The highest BCUT2D eigenvalue weighted by molar-refractivity contribution is 5.57. The fourth-order valence-electron chi connectivity index (χ4n) is 5.93. The first-order chi connectivity index (χ1) is 15.5. The van der Waals surface area contributed by atoms with Crippen LogP contribution >= 0.6 is 0 Å². The Hall–Kier alpha value is -1.56. The molecule has 0 amide bonds. The molecule has 0 nitrogen and oxygen atoms in total. The molecule has 0 aliphatic heterocycles. The average Bonchev–Trinajstić information content (AvgIpc) is 2.63. The van der Waals surface area contributed by atoms with E-state index in [2.05, 4.69) is 141 Å². The summed E-state index contributed by atoms with van der Waals surface area (Å²) >= 11 is 0. The fraction of sp³-hybridized carbons (Fsp3) is 0.657. The number of rotatable bonds is 3. The van der Waals surface area contributed by atoms with Crippen LogP contribution in [0, 0.1) is 0 Å². The summed E-state index contributed by atoms with van der Waals surface area (Å²) < 4.78 is 0. The van der Waals surface area contributed by atoms with Crippen molar-refractivity contribution in [2.45, 2.75) is 150 Å². The van der Waals surface area contributed by atoms with Gasteiger partial charge in [-0.3, -0.25) is 0 Å². The standard InChI is InChI=1S/C35H56/c1-23(25-19-17-18-20-26(25)31(2,3)4)21-24-22-27(32(5,6)7)29(34(11,12)13)30(35(14,15)16)28(24)33(8,9)10/h17-20,22-23H,21H2,1-16H3. The second-order valence-corrected chi connectivity index (χ2v) is 16.2. The summed E-state index contributed by atoms with van der Waals surface area (Å²) in [6, 6.07) is 11.7. The van der Waals surface area contributed by atoms with E-state index in [1.807, 2.05) is 0 Å². The lowest BCUT2D eigenvalue weighted by molar-refractivity contribution is 0.472. The Bertz CT molecular complexity index is 1030. The maximum absolute atomic E-state index is 2.60. The van der Waals surface area contributed by atoms with Crippen LogP contribution < -0.4 is 0 Å². The van der Waals surface area contributed by atoms with Crippen molar-refractivity contribution in [1.29, 1.82) is 0 Å². The molecule has 0 radical (unpaired) electrons. The molecule has 2 rings (SSSR count). The van der Waals surface area contributed by atoms with Gasteiger partial charge in [0.1, 0.15) is 0 Å². The first kappa shape index (κ1) is 29.7. The minimum absolute atomic E-state index is 0.0633. The van der Waals surface area contributed by atoms with Gasteiger partial charge in [-0.15, -0.1) is 0 Å². The van der Waals surface area contributed by atoms with Crippen LogP contribution in [0.25, 0.3) is 0 Å². The molecule has 0 saturated heterocycles. The van der Waals surface area contributed by atoms with Crippen LogP contribution in [0.2, 0.25) is 0 Å². The molecule has 0 saturated carbocycles. The fourth-order valence-corrected chi connectivity index (χ4v) is 5.93. The monoisotopic (exact) mass is 476 g/mol. The van der Waals surface area contributed by atoms with E-state index in [0.29, 0.717) is 5.92 Å². The zero-order valence-corrected chi connectivity index (χ0v) is 26.2. The van der Waals surface area contributed by atoms with Crippen LogP contribution in [-0.2, 0) is 33.5 Å². The Balaban J connectivity index is 2.97. The topological polar surface area (TPSA) is 0 Å². The highest BCUT2D eigenvalue weighted by Crippen LogP contribution is 2.48. The molecule has 0 bridgehead atoms. The van der Waals surface area contributed by atoms with Crippen LogP contribution in [0.3, 0.4) is 0 Å². The number of hydrogen-bond donors (Lipinski definition) is 0. The molecule has 0 N–H and O–H groups in total. The van der Waals surface area contributed by atoms with E-state index < -0.39 is 0 Å². The molecule has 1 atom stereocenters. The SMILES string of the molecule is CC(Cc1cc(C(C)(C)C)c(C(C)(C)C)c(C(C)(C)C)c1C(C)(C)C)c1ccccc1C(C)(C)C. The summed E-state index contributed by atoms with van der Waals surface area (Å²) in [6.07, 6.45) is 1.07. The van der Waals surface area contributed by atoms with Gasteiger partial charge in [-0.25, -0.2) is 0 Å². The minimum atomic E-state index is 0.0633. The molecule has 196 valence electrons. The van der Waals surface area contributed by atoms with Crippen molar-refractivity contribution < 1.29 is 0 Å². The Morgan fingerprint density at radius 1 is 0.514 bits per heavy atom. The molecule has 0 aliphatic rings. The first-order valence-corrected chi connectivity index (χ1v) is 13.8. The zero-order chi connectivity index (χ0) is 27.4. The molecule has 35 heavy (non-hydrogen) atoms. The summed E-state index contributed by atoms with van der Waals surface area (Å²) in [5, 5.41) is 0. The van der Waals surface area contributed by atoms with E-state index in [1.54, 1.807) is 16.7 Å². The molecule has 2 aromatic rings. The quantitative estimate of drug-likeness (QED) is 0.413. The van der Waals surface area contributed by atoms with Crippen molar-refractivity contribution in [2.24, 2.45) is 0 Å². The summed E-state index contributed by atoms with van der Waals surface area (Å²) in [5.41, 5.74) is 11.2. The van der Waals surface area contributed by atoms with Gasteiger partial charge in [0.2, 0.25) is 0 Å². The van der Waals surface area contributed by atoms with Crippen LogP contribution in [0.5, 0.6) is 0 Å². The van der Waals surface area contributed by atoms with E-state index in [0.717, 1.165) is 6.42 Å². The summed E-state index contributed by atoms with van der Waals surface area (Å²) in [6.45, 7) is 38.3. The molecule has 0 aromatic heterocycles. The Morgan fingerprint density at radius 3 is 1.34 bits per heavy atom. The van der Waals surface area contributed by atoms with Crippen molar-refractivity contribution in [2.75, 3.05) is 0 Å². The molecule has 0 fully saturated rings. The van der Waals surface area contributed by atoms with Crippen molar-refractivity contribution in [1.82, 2.24) is 0 Å². The van der Waals surface area contributed by atoms with Gasteiger partial charge in [-0.05, 0) is 78.4 Å². The lowest BCUT2D eigenvalue weighted by Crippen LogP contribution is -2.33. The third-order valence-corrected chi connectivity index (χ3v) is 7.29. The second kappa shape index (κ2) is 9.39. The normalized spacial score (nSPS) is 14.9. The molecular formula is C35H56. The van der Waals surface area contributed by atoms with Crippen molar-refractivity contribution in [3.63, 3.8) is 0 Å². The van der Waals surface area contributed by atoms with E-state index in [9.17, 15) is 0 Å². The second-order valence-electron chi connectivity index (χ2n) is 16.2. The maximum atomic E-state index is 2.60. The molecular weight excluding hydrogens is 420 g/mol.